The summed E-state index contributed by atoms with van der Waals surface area (Å²) in [7, 11) is 0. The lowest BCUT2D eigenvalue weighted by Gasteiger charge is -2.16. The van der Waals surface area contributed by atoms with Gasteiger partial charge < -0.3 is 10.6 Å². The van der Waals surface area contributed by atoms with Gasteiger partial charge in [0, 0.05) is 18.5 Å². The lowest BCUT2D eigenvalue weighted by molar-refractivity contribution is -0.125. The molecule has 0 aliphatic carbocycles. The number of hydrogen-bond acceptors (Lipinski definition) is 2. The molecule has 0 unspecified atom stereocenters. The standard InChI is InChI=1S/C11H24N2O.ClH/c1-5-10(6-2)11(14)13-8-9(4)12-7-3;/h9-10,12H,5-8H2,1-4H3,(H,13,14);1H/t9-;/m1./s1. The highest BCUT2D eigenvalue weighted by molar-refractivity contribution is 5.85. The number of hydrogen-bond donors (Lipinski definition) is 2. The summed E-state index contributed by atoms with van der Waals surface area (Å²) in [6.07, 6.45) is 1.86. The molecule has 4 heteroatoms. The zero-order valence-electron chi connectivity index (χ0n) is 10.3. The van der Waals surface area contributed by atoms with E-state index in [0.29, 0.717) is 6.04 Å². The molecular weight excluding hydrogens is 212 g/mol. The monoisotopic (exact) mass is 236 g/mol. The van der Waals surface area contributed by atoms with Gasteiger partial charge in [0.2, 0.25) is 5.91 Å². The van der Waals surface area contributed by atoms with Gasteiger partial charge in [0.15, 0.2) is 0 Å². The Morgan fingerprint density at radius 1 is 1.20 bits per heavy atom. The van der Waals surface area contributed by atoms with E-state index in [1.54, 1.807) is 0 Å². The maximum atomic E-state index is 11.6. The van der Waals surface area contributed by atoms with Crippen LogP contribution in [0.1, 0.15) is 40.5 Å². The Morgan fingerprint density at radius 2 is 1.73 bits per heavy atom. The van der Waals surface area contributed by atoms with E-state index in [1.165, 1.54) is 0 Å². The minimum atomic E-state index is 0. The van der Waals surface area contributed by atoms with Gasteiger partial charge in [-0.05, 0) is 26.3 Å². The predicted octanol–water partition coefficient (Wildman–Crippen LogP) is 1.96. The summed E-state index contributed by atoms with van der Waals surface area (Å²) in [4.78, 5) is 11.6. The van der Waals surface area contributed by atoms with Crippen molar-refractivity contribution in [3.8, 4) is 0 Å². The van der Waals surface area contributed by atoms with Gasteiger partial charge in [-0.15, -0.1) is 12.4 Å². The van der Waals surface area contributed by atoms with Crippen molar-refractivity contribution in [3.05, 3.63) is 0 Å². The van der Waals surface area contributed by atoms with Crippen LogP contribution in [0.15, 0.2) is 0 Å². The predicted molar refractivity (Wildman–Crippen MR) is 67.5 cm³/mol. The van der Waals surface area contributed by atoms with Crippen LogP contribution in [0, 0.1) is 5.92 Å². The second-order valence-electron chi connectivity index (χ2n) is 3.72. The quantitative estimate of drug-likeness (QED) is 0.710. The van der Waals surface area contributed by atoms with E-state index in [4.69, 9.17) is 0 Å². The van der Waals surface area contributed by atoms with Gasteiger partial charge in [-0.3, -0.25) is 4.79 Å². The highest BCUT2D eigenvalue weighted by atomic mass is 35.5. The van der Waals surface area contributed by atoms with Gasteiger partial charge in [-0.2, -0.15) is 0 Å². The zero-order valence-corrected chi connectivity index (χ0v) is 11.1. The van der Waals surface area contributed by atoms with Gasteiger partial charge in [-0.1, -0.05) is 20.8 Å². The van der Waals surface area contributed by atoms with E-state index < -0.39 is 0 Å². The lowest BCUT2D eigenvalue weighted by Crippen LogP contribution is -2.40. The van der Waals surface area contributed by atoms with Crippen molar-refractivity contribution in [2.45, 2.75) is 46.6 Å². The first-order valence-corrected chi connectivity index (χ1v) is 5.66. The number of carbonyl (C=O) groups is 1. The molecule has 0 saturated heterocycles. The summed E-state index contributed by atoms with van der Waals surface area (Å²) in [6, 6.07) is 0.360. The van der Waals surface area contributed by atoms with Crippen LogP contribution in [-0.4, -0.2) is 25.0 Å². The first-order valence-electron chi connectivity index (χ1n) is 5.66. The van der Waals surface area contributed by atoms with Crippen molar-refractivity contribution in [1.82, 2.24) is 10.6 Å². The summed E-state index contributed by atoms with van der Waals surface area (Å²) in [5.41, 5.74) is 0. The zero-order chi connectivity index (χ0) is 11.0. The summed E-state index contributed by atoms with van der Waals surface area (Å²) in [6.45, 7) is 9.93. The molecule has 0 aliphatic rings. The SMILES string of the molecule is CCN[C@H](C)CNC(=O)C(CC)CC.Cl. The average molecular weight is 237 g/mol. The Morgan fingerprint density at radius 3 is 2.13 bits per heavy atom. The van der Waals surface area contributed by atoms with E-state index in [2.05, 4.69) is 38.3 Å². The third-order valence-corrected chi connectivity index (χ3v) is 2.49. The molecule has 1 atom stereocenters. The molecule has 0 fully saturated rings. The fourth-order valence-corrected chi connectivity index (χ4v) is 1.48. The molecule has 0 spiro atoms. The number of nitrogens with one attached hydrogen (secondary N) is 2. The molecule has 3 nitrogen and oxygen atoms in total. The summed E-state index contributed by atoms with van der Waals surface area (Å²) in [5, 5.41) is 6.23. The molecule has 0 aromatic heterocycles. The molecule has 2 N–H and O–H groups in total. The normalized spacial score (nSPS) is 12.1. The van der Waals surface area contributed by atoms with Gasteiger partial charge in [0.25, 0.3) is 0 Å². The van der Waals surface area contributed by atoms with E-state index in [1.807, 2.05) is 0 Å². The Bertz CT molecular complexity index is 161. The number of halogens is 1. The van der Waals surface area contributed by atoms with Crippen LogP contribution < -0.4 is 10.6 Å². The average Bonchev–Trinajstić information content (AvgIpc) is 2.17. The molecule has 0 aromatic carbocycles. The number of carbonyl (C=O) groups excluding carboxylic acids is 1. The highest BCUT2D eigenvalue weighted by Gasteiger charge is 2.13. The molecule has 0 rings (SSSR count). The second kappa shape index (κ2) is 10.2. The lowest BCUT2D eigenvalue weighted by atomic mass is 10.0. The number of rotatable bonds is 7. The van der Waals surface area contributed by atoms with Crippen molar-refractivity contribution < 1.29 is 4.79 Å². The maximum absolute atomic E-state index is 11.6. The van der Waals surface area contributed by atoms with Crippen molar-refractivity contribution in [3.63, 3.8) is 0 Å². The van der Waals surface area contributed by atoms with E-state index in [-0.39, 0.29) is 24.2 Å². The van der Waals surface area contributed by atoms with E-state index in [9.17, 15) is 4.79 Å². The Balaban J connectivity index is 0. The molecule has 0 radical (unpaired) electrons. The third kappa shape index (κ3) is 7.63. The van der Waals surface area contributed by atoms with Crippen LogP contribution >= 0.6 is 12.4 Å². The fraction of sp³-hybridized carbons (Fsp3) is 0.909. The molecule has 1 amide bonds. The van der Waals surface area contributed by atoms with Crippen LogP contribution in [0.4, 0.5) is 0 Å². The minimum Gasteiger partial charge on any atom is -0.354 e. The van der Waals surface area contributed by atoms with Crippen molar-refractivity contribution in [2.24, 2.45) is 5.92 Å². The first-order chi connectivity index (χ1) is 6.65. The largest absolute Gasteiger partial charge is 0.354 e. The first kappa shape index (κ1) is 17.1. The van der Waals surface area contributed by atoms with Crippen molar-refractivity contribution >= 4 is 18.3 Å². The topological polar surface area (TPSA) is 41.1 Å². The van der Waals surface area contributed by atoms with Crippen LogP contribution in [0.3, 0.4) is 0 Å². The summed E-state index contributed by atoms with van der Waals surface area (Å²) >= 11 is 0. The Kier molecular flexibility index (Phi) is 11.7. The van der Waals surface area contributed by atoms with Gasteiger partial charge in [-0.25, -0.2) is 0 Å². The van der Waals surface area contributed by atoms with E-state index in [0.717, 1.165) is 25.9 Å². The van der Waals surface area contributed by atoms with Crippen molar-refractivity contribution in [1.29, 1.82) is 0 Å². The minimum absolute atomic E-state index is 0. The Labute approximate surface area is 99.8 Å². The smallest absolute Gasteiger partial charge is 0.223 e. The molecule has 0 saturated carbocycles. The van der Waals surface area contributed by atoms with Gasteiger partial charge in [0.05, 0.1) is 0 Å². The molecule has 15 heavy (non-hydrogen) atoms. The van der Waals surface area contributed by atoms with Crippen LogP contribution in [0.2, 0.25) is 0 Å². The third-order valence-electron chi connectivity index (χ3n) is 2.49. The second-order valence-corrected chi connectivity index (χ2v) is 3.72. The van der Waals surface area contributed by atoms with Crippen LogP contribution in [0.5, 0.6) is 0 Å². The van der Waals surface area contributed by atoms with E-state index >= 15 is 0 Å². The summed E-state index contributed by atoms with van der Waals surface area (Å²) < 4.78 is 0. The number of amides is 1. The van der Waals surface area contributed by atoms with Gasteiger partial charge >= 0.3 is 0 Å². The fourth-order valence-electron chi connectivity index (χ4n) is 1.48. The molecule has 0 heterocycles. The van der Waals surface area contributed by atoms with Crippen LogP contribution in [0.25, 0.3) is 0 Å². The van der Waals surface area contributed by atoms with Crippen LogP contribution in [-0.2, 0) is 4.79 Å². The molecule has 0 aliphatic heterocycles. The molecule has 0 bridgehead atoms. The molecule has 92 valence electrons. The number of likely N-dealkylation sites (N-methyl/N-ethyl adjacent to an activating group) is 1. The molecule has 0 aromatic rings. The van der Waals surface area contributed by atoms with Gasteiger partial charge in [0.1, 0.15) is 0 Å². The Hall–Kier alpha value is -0.280. The van der Waals surface area contributed by atoms with Crippen molar-refractivity contribution in [2.75, 3.05) is 13.1 Å². The molecular formula is C11H25ClN2O. The highest BCUT2D eigenvalue weighted by Crippen LogP contribution is 2.06. The maximum Gasteiger partial charge on any atom is 0.223 e. The summed E-state index contributed by atoms with van der Waals surface area (Å²) in [5.74, 6) is 0.378.